The summed E-state index contributed by atoms with van der Waals surface area (Å²) in [6, 6.07) is 0. The predicted octanol–water partition coefficient (Wildman–Crippen LogP) is 1.55. The Hall–Kier alpha value is -2.02. The normalized spacial score (nSPS) is 24.1. The summed E-state index contributed by atoms with van der Waals surface area (Å²) in [7, 11) is 1.43. The van der Waals surface area contributed by atoms with E-state index in [1.165, 1.54) is 7.11 Å². The van der Waals surface area contributed by atoms with Crippen LogP contribution in [0.25, 0.3) is 0 Å². The van der Waals surface area contributed by atoms with Gasteiger partial charge in [-0.1, -0.05) is 0 Å². The molecule has 0 aliphatic carbocycles. The summed E-state index contributed by atoms with van der Waals surface area (Å²) in [5, 5.41) is 0. The Morgan fingerprint density at radius 2 is 2.12 bits per heavy atom. The number of methoxy groups -OCH3 is 1. The van der Waals surface area contributed by atoms with Crippen molar-refractivity contribution in [3.8, 4) is 0 Å². The molecule has 7 nitrogen and oxygen atoms in total. The number of rotatable bonds is 5. The van der Waals surface area contributed by atoms with Gasteiger partial charge in [0.2, 0.25) is 5.91 Å². The molecule has 1 amide bonds. The lowest BCUT2D eigenvalue weighted by Crippen LogP contribution is -2.54. The second kappa shape index (κ2) is 8.12. The fourth-order valence-electron chi connectivity index (χ4n) is 4.13. The number of nitrogens with zero attached hydrogens (tertiary/aromatic N) is 4. The van der Waals surface area contributed by atoms with Crippen LogP contribution < -0.4 is 0 Å². The van der Waals surface area contributed by atoms with E-state index in [4.69, 9.17) is 4.74 Å². The largest absolute Gasteiger partial charge is 0.469 e. The number of hydrogen-bond acceptors (Lipinski definition) is 6. The van der Waals surface area contributed by atoms with Crippen molar-refractivity contribution in [3.63, 3.8) is 0 Å². The molecule has 1 aromatic rings. The van der Waals surface area contributed by atoms with Crippen LogP contribution in [0.2, 0.25) is 0 Å². The van der Waals surface area contributed by atoms with Crippen LogP contribution in [0.5, 0.6) is 0 Å². The van der Waals surface area contributed by atoms with E-state index in [9.17, 15) is 9.59 Å². The van der Waals surface area contributed by atoms with Crippen molar-refractivity contribution in [3.05, 3.63) is 23.8 Å². The molecule has 1 unspecified atom stereocenters. The first kappa shape index (κ1) is 18.8. The molecule has 0 saturated carbocycles. The highest BCUT2D eigenvalue weighted by Crippen LogP contribution is 2.39. The SMILES string of the molecule is COC(=O)CCN1CCCC2(CCC(=O)N(Cc3cnc(C)cn3)C2)C1. The quantitative estimate of drug-likeness (QED) is 0.742. The number of carbonyl (C=O) groups is 2. The zero-order chi connectivity index (χ0) is 18.6. The van der Waals surface area contributed by atoms with Crippen LogP contribution in [0.1, 0.15) is 43.5 Å². The van der Waals surface area contributed by atoms with E-state index in [0.717, 1.165) is 56.8 Å². The number of aryl methyl sites for hydroxylation is 1. The number of piperidine rings is 2. The highest BCUT2D eigenvalue weighted by molar-refractivity contribution is 5.77. The molecule has 1 atom stereocenters. The van der Waals surface area contributed by atoms with Crippen LogP contribution in [-0.4, -0.2) is 64.9 Å². The van der Waals surface area contributed by atoms with Gasteiger partial charge < -0.3 is 14.5 Å². The van der Waals surface area contributed by atoms with E-state index in [1.807, 2.05) is 11.8 Å². The van der Waals surface area contributed by atoms with Gasteiger partial charge in [0.15, 0.2) is 0 Å². The van der Waals surface area contributed by atoms with Gasteiger partial charge in [0.25, 0.3) is 0 Å². The molecule has 2 aliphatic heterocycles. The van der Waals surface area contributed by atoms with E-state index < -0.39 is 0 Å². The van der Waals surface area contributed by atoms with E-state index in [0.29, 0.717) is 19.4 Å². The van der Waals surface area contributed by atoms with Gasteiger partial charge in [0.05, 0.1) is 37.7 Å². The Morgan fingerprint density at radius 1 is 1.27 bits per heavy atom. The molecule has 0 N–H and O–H groups in total. The van der Waals surface area contributed by atoms with Crippen molar-refractivity contribution in [2.24, 2.45) is 5.41 Å². The maximum absolute atomic E-state index is 12.4. The molecule has 3 heterocycles. The van der Waals surface area contributed by atoms with Crippen molar-refractivity contribution < 1.29 is 14.3 Å². The number of carbonyl (C=O) groups excluding carboxylic acids is 2. The predicted molar refractivity (Wildman–Crippen MR) is 96.2 cm³/mol. The number of ether oxygens (including phenoxy) is 1. The third-order valence-electron chi connectivity index (χ3n) is 5.54. The first-order valence-electron chi connectivity index (χ1n) is 9.34. The van der Waals surface area contributed by atoms with Crippen LogP contribution in [0, 0.1) is 12.3 Å². The second-order valence-corrected chi connectivity index (χ2v) is 7.60. The standard InChI is InChI=1S/C19H28N4O3/c1-15-10-21-16(11-20-15)12-23-14-19(7-4-17(23)24)6-3-8-22(13-19)9-5-18(25)26-2/h10-11H,3-9,12-14H2,1-2H3. The number of hydrogen-bond donors (Lipinski definition) is 0. The van der Waals surface area contributed by atoms with Crippen molar-refractivity contribution in [2.45, 2.75) is 45.6 Å². The van der Waals surface area contributed by atoms with Gasteiger partial charge in [0.1, 0.15) is 0 Å². The average Bonchev–Trinajstić information content (AvgIpc) is 2.65. The van der Waals surface area contributed by atoms with Gasteiger partial charge in [-0.25, -0.2) is 0 Å². The van der Waals surface area contributed by atoms with Crippen molar-refractivity contribution in [1.82, 2.24) is 19.8 Å². The Labute approximate surface area is 154 Å². The minimum Gasteiger partial charge on any atom is -0.469 e. The lowest BCUT2D eigenvalue weighted by Gasteiger charge is -2.48. The summed E-state index contributed by atoms with van der Waals surface area (Å²) in [4.78, 5) is 36.8. The average molecular weight is 360 g/mol. The molecule has 26 heavy (non-hydrogen) atoms. The molecular formula is C19H28N4O3. The molecule has 2 saturated heterocycles. The molecule has 1 spiro atoms. The summed E-state index contributed by atoms with van der Waals surface area (Å²) in [5.41, 5.74) is 1.84. The van der Waals surface area contributed by atoms with Crippen molar-refractivity contribution >= 4 is 11.9 Å². The molecular weight excluding hydrogens is 332 g/mol. The molecule has 0 bridgehead atoms. The van der Waals surface area contributed by atoms with Crippen molar-refractivity contribution in [1.29, 1.82) is 0 Å². The van der Waals surface area contributed by atoms with E-state index in [1.54, 1.807) is 12.4 Å². The smallest absolute Gasteiger partial charge is 0.306 e. The third-order valence-corrected chi connectivity index (χ3v) is 5.54. The number of esters is 1. The van der Waals surface area contributed by atoms with Gasteiger partial charge in [0, 0.05) is 37.7 Å². The van der Waals surface area contributed by atoms with E-state index >= 15 is 0 Å². The summed E-state index contributed by atoms with van der Waals surface area (Å²) in [6.07, 6.45) is 7.68. The minimum absolute atomic E-state index is 0.125. The fraction of sp³-hybridized carbons (Fsp3) is 0.684. The lowest BCUT2D eigenvalue weighted by molar-refractivity contribution is -0.141. The maximum atomic E-state index is 12.4. The van der Waals surface area contributed by atoms with Crippen LogP contribution in [0.4, 0.5) is 0 Å². The zero-order valence-electron chi connectivity index (χ0n) is 15.7. The Kier molecular flexibility index (Phi) is 5.86. The summed E-state index contributed by atoms with van der Waals surface area (Å²) in [6.45, 7) is 5.87. The number of aromatic nitrogens is 2. The fourth-order valence-corrected chi connectivity index (χ4v) is 4.13. The topological polar surface area (TPSA) is 75.6 Å². The second-order valence-electron chi connectivity index (χ2n) is 7.60. The van der Waals surface area contributed by atoms with E-state index in [2.05, 4.69) is 14.9 Å². The van der Waals surface area contributed by atoms with Gasteiger partial charge in [-0.2, -0.15) is 0 Å². The van der Waals surface area contributed by atoms with Gasteiger partial charge in [-0.05, 0) is 32.7 Å². The van der Waals surface area contributed by atoms with Gasteiger partial charge in [-0.3, -0.25) is 19.6 Å². The lowest BCUT2D eigenvalue weighted by atomic mass is 9.73. The van der Waals surface area contributed by atoms with Crippen LogP contribution in [0.3, 0.4) is 0 Å². The molecule has 7 heteroatoms. The Balaban J connectivity index is 1.62. The molecule has 0 aromatic carbocycles. The first-order valence-corrected chi connectivity index (χ1v) is 9.34. The van der Waals surface area contributed by atoms with Crippen LogP contribution >= 0.6 is 0 Å². The van der Waals surface area contributed by atoms with Gasteiger partial charge in [-0.15, -0.1) is 0 Å². The third kappa shape index (κ3) is 4.58. The summed E-state index contributed by atoms with van der Waals surface area (Å²) >= 11 is 0. The number of likely N-dealkylation sites (tertiary alicyclic amines) is 2. The Morgan fingerprint density at radius 3 is 2.85 bits per heavy atom. The Bertz CT molecular complexity index is 649. The summed E-state index contributed by atoms with van der Waals surface area (Å²) < 4.78 is 4.75. The molecule has 2 aliphatic rings. The molecule has 142 valence electrons. The molecule has 0 radical (unpaired) electrons. The van der Waals surface area contributed by atoms with Crippen LogP contribution in [-0.2, 0) is 20.9 Å². The highest BCUT2D eigenvalue weighted by atomic mass is 16.5. The maximum Gasteiger partial charge on any atom is 0.306 e. The minimum atomic E-state index is -0.164. The number of amides is 1. The van der Waals surface area contributed by atoms with Crippen LogP contribution in [0.15, 0.2) is 12.4 Å². The highest BCUT2D eigenvalue weighted by Gasteiger charge is 2.41. The van der Waals surface area contributed by atoms with Gasteiger partial charge >= 0.3 is 5.97 Å². The zero-order valence-corrected chi connectivity index (χ0v) is 15.7. The molecule has 3 rings (SSSR count). The van der Waals surface area contributed by atoms with E-state index in [-0.39, 0.29) is 17.3 Å². The molecule has 2 fully saturated rings. The monoisotopic (exact) mass is 360 g/mol. The summed E-state index contributed by atoms with van der Waals surface area (Å²) in [5.74, 6) is 0.0349. The first-order chi connectivity index (χ1) is 12.5. The van der Waals surface area contributed by atoms with Crippen molar-refractivity contribution in [2.75, 3.05) is 33.3 Å². The molecule has 1 aromatic heterocycles.